The van der Waals surface area contributed by atoms with E-state index in [9.17, 15) is 43.2 Å². The van der Waals surface area contributed by atoms with E-state index in [1.165, 1.54) is 270 Å². The van der Waals surface area contributed by atoms with Gasteiger partial charge in [-0.15, -0.1) is 0 Å². The Hall–Kier alpha value is -1.94. The minimum Gasteiger partial charge on any atom is -0.462 e. The van der Waals surface area contributed by atoms with Crippen molar-refractivity contribution in [3.05, 3.63) is 0 Å². The summed E-state index contributed by atoms with van der Waals surface area (Å²) in [4.78, 5) is 73.1. The summed E-state index contributed by atoms with van der Waals surface area (Å²) >= 11 is 0. The third kappa shape index (κ3) is 76.3. The van der Waals surface area contributed by atoms with Crippen molar-refractivity contribution < 1.29 is 80.2 Å². The largest absolute Gasteiger partial charge is 0.472 e. The Morgan fingerprint density at radius 3 is 0.667 bits per heavy atom. The summed E-state index contributed by atoms with van der Waals surface area (Å²) in [6.07, 6.45) is 67.9. The Kier molecular flexibility index (Phi) is 74.4. The van der Waals surface area contributed by atoms with Crippen LogP contribution in [-0.2, 0) is 65.4 Å². The number of phosphoric acid groups is 2. The van der Waals surface area contributed by atoms with Crippen LogP contribution >= 0.6 is 15.6 Å². The molecule has 0 aliphatic rings. The molecular weight excluding hydrogens is 1330 g/mol. The molecule has 0 amide bonds. The van der Waals surface area contributed by atoms with Crippen LogP contribution in [0.3, 0.4) is 0 Å². The summed E-state index contributed by atoms with van der Waals surface area (Å²) in [5, 5.41) is 10.7. The molecule has 0 aromatic heterocycles. The van der Waals surface area contributed by atoms with Crippen LogP contribution in [-0.4, -0.2) is 96.7 Å². The van der Waals surface area contributed by atoms with Gasteiger partial charge < -0.3 is 33.8 Å². The third-order valence-electron chi connectivity index (χ3n) is 19.5. The van der Waals surface area contributed by atoms with Crippen molar-refractivity contribution in [2.45, 2.75) is 464 Å². The van der Waals surface area contributed by atoms with Crippen molar-refractivity contribution in [1.29, 1.82) is 0 Å². The first-order chi connectivity index (χ1) is 49.5. The van der Waals surface area contributed by atoms with Gasteiger partial charge in [0.25, 0.3) is 0 Å². The van der Waals surface area contributed by atoms with Gasteiger partial charge in [-0.05, 0) is 31.6 Å². The molecule has 102 heavy (non-hydrogen) atoms. The lowest BCUT2D eigenvalue weighted by molar-refractivity contribution is -0.161. The number of unbranched alkanes of at least 4 members (excludes halogenated alkanes) is 55. The first-order valence-electron chi connectivity index (χ1n) is 43.1. The van der Waals surface area contributed by atoms with Crippen LogP contribution in [0.1, 0.15) is 446 Å². The molecule has 0 heterocycles. The highest BCUT2D eigenvalue weighted by Crippen LogP contribution is 2.45. The average Bonchev–Trinajstić information content (AvgIpc) is 0.907. The predicted octanol–water partition coefficient (Wildman–Crippen LogP) is 25.2. The minimum absolute atomic E-state index is 0.109. The standard InChI is InChI=1S/C83H162O17P2/c1-6-9-12-15-18-21-24-26-28-30-31-32-34-38-44-49-54-59-64-69-83(88)100-79(73-94-81(86)67-62-57-52-47-42-39-35-36-41-45-50-55-60-65-76(4)5)75-98-102(91,92)96-71-77(84)70-95-101(89,90)97-74-78(72-93-80(85)66-61-56-51-46-40-23-20-17-14-11-8-3)99-82(87)68-63-58-53-48-43-37-33-29-27-25-22-19-16-13-10-7-2/h76-79,84H,6-75H2,1-5H3,(H,89,90)(H,91,92)/t77-,78+,79+/m0/s1. The minimum atomic E-state index is -4.96. The number of carbonyl (C=O) groups is 4. The van der Waals surface area contributed by atoms with Gasteiger partial charge in [-0.25, -0.2) is 9.13 Å². The van der Waals surface area contributed by atoms with E-state index >= 15 is 0 Å². The summed E-state index contributed by atoms with van der Waals surface area (Å²) < 4.78 is 68.8. The second-order valence-corrected chi connectivity index (χ2v) is 33.3. The van der Waals surface area contributed by atoms with E-state index in [2.05, 4.69) is 34.6 Å². The van der Waals surface area contributed by atoms with Gasteiger partial charge in [-0.2, -0.15) is 0 Å². The number of hydrogen-bond acceptors (Lipinski definition) is 15. The highest BCUT2D eigenvalue weighted by molar-refractivity contribution is 7.47. The third-order valence-corrected chi connectivity index (χ3v) is 21.4. The van der Waals surface area contributed by atoms with E-state index in [1.54, 1.807) is 0 Å². The van der Waals surface area contributed by atoms with Crippen LogP contribution in [0.5, 0.6) is 0 Å². The maximum atomic E-state index is 13.1. The fourth-order valence-electron chi connectivity index (χ4n) is 12.9. The van der Waals surface area contributed by atoms with Crippen molar-refractivity contribution in [3.63, 3.8) is 0 Å². The maximum absolute atomic E-state index is 13.1. The molecule has 606 valence electrons. The molecule has 0 saturated carbocycles. The molecule has 0 aliphatic carbocycles. The lowest BCUT2D eigenvalue weighted by Gasteiger charge is -2.21. The van der Waals surface area contributed by atoms with Gasteiger partial charge in [0.05, 0.1) is 26.4 Å². The number of aliphatic hydroxyl groups excluding tert-OH is 1. The normalized spacial score (nSPS) is 13.8. The van der Waals surface area contributed by atoms with Gasteiger partial charge in [-0.3, -0.25) is 37.3 Å². The molecule has 17 nitrogen and oxygen atoms in total. The summed E-state index contributed by atoms with van der Waals surface area (Å²) in [6, 6.07) is 0. The quantitative estimate of drug-likeness (QED) is 0.0222. The Labute approximate surface area is 626 Å². The zero-order valence-corrected chi connectivity index (χ0v) is 68.5. The van der Waals surface area contributed by atoms with E-state index < -0.39 is 97.5 Å². The summed E-state index contributed by atoms with van der Waals surface area (Å²) in [7, 11) is -9.92. The molecule has 0 saturated heterocycles. The van der Waals surface area contributed by atoms with Crippen LogP contribution in [0.25, 0.3) is 0 Å². The number of phosphoric ester groups is 2. The Morgan fingerprint density at radius 1 is 0.265 bits per heavy atom. The van der Waals surface area contributed by atoms with Gasteiger partial charge in [0.15, 0.2) is 12.2 Å². The molecule has 2 unspecified atom stereocenters. The first-order valence-corrected chi connectivity index (χ1v) is 46.1. The molecule has 0 spiro atoms. The lowest BCUT2D eigenvalue weighted by atomic mass is 10.0. The van der Waals surface area contributed by atoms with Crippen molar-refractivity contribution in [2.24, 2.45) is 5.92 Å². The van der Waals surface area contributed by atoms with Gasteiger partial charge in [0.2, 0.25) is 0 Å². The number of hydrogen-bond donors (Lipinski definition) is 3. The molecule has 3 N–H and O–H groups in total. The monoisotopic (exact) mass is 1490 g/mol. The second kappa shape index (κ2) is 75.9. The molecular formula is C83H162O17P2. The van der Waals surface area contributed by atoms with Gasteiger partial charge in [-0.1, -0.05) is 394 Å². The van der Waals surface area contributed by atoms with Crippen molar-refractivity contribution in [1.82, 2.24) is 0 Å². The Balaban J connectivity index is 5.25. The molecule has 19 heteroatoms. The number of aliphatic hydroxyl groups is 1. The van der Waals surface area contributed by atoms with Crippen molar-refractivity contribution >= 4 is 39.5 Å². The zero-order valence-electron chi connectivity index (χ0n) is 66.8. The lowest BCUT2D eigenvalue weighted by Crippen LogP contribution is -2.30. The summed E-state index contributed by atoms with van der Waals surface area (Å²) in [5.74, 6) is -1.31. The highest BCUT2D eigenvalue weighted by Gasteiger charge is 2.30. The van der Waals surface area contributed by atoms with E-state index in [-0.39, 0.29) is 25.7 Å². The van der Waals surface area contributed by atoms with Gasteiger partial charge in [0.1, 0.15) is 19.3 Å². The highest BCUT2D eigenvalue weighted by atomic mass is 31.2. The van der Waals surface area contributed by atoms with Crippen molar-refractivity contribution in [2.75, 3.05) is 39.6 Å². The van der Waals surface area contributed by atoms with E-state index in [4.69, 9.17) is 37.0 Å². The zero-order chi connectivity index (χ0) is 74.8. The maximum Gasteiger partial charge on any atom is 0.472 e. The second-order valence-electron chi connectivity index (χ2n) is 30.3. The first kappa shape index (κ1) is 100. The summed E-state index contributed by atoms with van der Waals surface area (Å²) in [5.41, 5.74) is 0. The molecule has 0 aromatic carbocycles. The number of carbonyl (C=O) groups excluding carboxylic acids is 4. The molecule has 0 aliphatic heterocycles. The number of rotatable bonds is 83. The van der Waals surface area contributed by atoms with Crippen LogP contribution in [0, 0.1) is 5.92 Å². The summed E-state index contributed by atoms with van der Waals surface area (Å²) in [6.45, 7) is 7.37. The van der Waals surface area contributed by atoms with Crippen LogP contribution in [0.15, 0.2) is 0 Å². The van der Waals surface area contributed by atoms with E-state index in [1.807, 2.05) is 0 Å². The Morgan fingerprint density at radius 2 is 0.451 bits per heavy atom. The molecule has 0 aromatic rings. The van der Waals surface area contributed by atoms with Gasteiger partial charge >= 0.3 is 39.5 Å². The number of ether oxygens (including phenoxy) is 4. The molecule has 0 rings (SSSR count). The van der Waals surface area contributed by atoms with Crippen LogP contribution in [0.4, 0.5) is 0 Å². The smallest absolute Gasteiger partial charge is 0.462 e. The van der Waals surface area contributed by atoms with E-state index in [0.717, 1.165) is 95.8 Å². The van der Waals surface area contributed by atoms with Gasteiger partial charge in [0, 0.05) is 25.7 Å². The van der Waals surface area contributed by atoms with Crippen molar-refractivity contribution in [3.8, 4) is 0 Å². The SMILES string of the molecule is CCCCCCCCCCCCCCCCCCCCCC(=O)O[C@H](COC(=O)CCCCCCCCCCCCCCCC(C)C)COP(=O)(O)OC[C@@H](O)COP(=O)(O)OC[C@@H](COC(=O)CCCCCCCCCCCCC)OC(=O)CCCCCCCCCCCCCCCCCC. The van der Waals surface area contributed by atoms with E-state index in [0.29, 0.717) is 25.7 Å². The average molecular weight is 1490 g/mol. The predicted molar refractivity (Wildman–Crippen MR) is 418 cm³/mol. The fourth-order valence-corrected chi connectivity index (χ4v) is 14.5. The molecule has 0 radical (unpaired) electrons. The fraction of sp³-hybridized carbons (Fsp3) is 0.952. The van der Waals surface area contributed by atoms with Crippen LogP contribution < -0.4 is 0 Å². The van der Waals surface area contributed by atoms with Crippen LogP contribution in [0.2, 0.25) is 0 Å². The molecule has 0 bridgehead atoms. The Bertz CT molecular complexity index is 1940. The topological polar surface area (TPSA) is 237 Å². The molecule has 5 atom stereocenters. The number of esters is 4. The molecule has 0 fully saturated rings.